The zero-order valence-electron chi connectivity index (χ0n) is 18.5. The SMILES string of the molecule is O=C(O)c1cccc(N2C(=O)[C@@H]3C4C=CC([C@@H]3C2=O)[C@@H]2C(=O)N(c3cccc(C(=O)O)c3)C(=O)[C@@H]42)c1. The van der Waals surface area contributed by atoms with Gasteiger partial charge in [-0.2, -0.15) is 0 Å². The molecule has 0 spiro atoms. The summed E-state index contributed by atoms with van der Waals surface area (Å²) in [6.07, 6.45) is 3.44. The molecule has 2 N–H and O–H groups in total. The number of carbonyl (C=O) groups is 6. The minimum absolute atomic E-state index is 0.0782. The number of allylic oxidation sites excluding steroid dienone is 2. The van der Waals surface area contributed by atoms with Crippen LogP contribution in [0.3, 0.4) is 0 Å². The number of rotatable bonds is 4. The van der Waals surface area contributed by atoms with E-state index in [1.807, 2.05) is 0 Å². The highest BCUT2D eigenvalue weighted by Gasteiger charge is 2.68. The van der Waals surface area contributed by atoms with Gasteiger partial charge in [0.1, 0.15) is 0 Å². The molecule has 3 fully saturated rings. The van der Waals surface area contributed by atoms with E-state index < -0.39 is 71.1 Å². The number of carboxylic acids is 2. The fourth-order valence-corrected chi connectivity index (χ4v) is 6.29. The van der Waals surface area contributed by atoms with Gasteiger partial charge in [0.25, 0.3) is 0 Å². The molecular formula is C26H18N2O8. The average Bonchev–Trinajstić information content (AvgIpc) is 3.31. The normalized spacial score (nSPS) is 30.1. The molecule has 0 radical (unpaired) electrons. The maximum absolute atomic E-state index is 13.5. The fraction of sp³-hybridized carbons (Fsp3) is 0.231. The van der Waals surface area contributed by atoms with Crippen molar-refractivity contribution in [2.45, 2.75) is 0 Å². The quantitative estimate of drug-likeness (QED) is 0.491. The highest BCUT2D eigenvalue weighted by atomic mass is 16.4. The first-order chi connectivity index (χ1) is 17.2. The number of carbonyl (C=O) groups excluding carboxylic acids is 4. The third kappa shape index (κ3) is 2.78. The Morgan fingerprint density at radius 2 is 0.917 bits per heavy atom. The van der Waals surface area contributed by atoms with Crippen LogP contribution in [-0.2, 0) is 19.2 Å². The summed E-state index contributed by atoms with van der Waals surface area (Å²) in [4.78, 5) is 78.8. The molecule has 10 heteroatoms. The van der Waals surface area contributed by atoms with Crippen molar-refractivity contribution in [3.05, 3.63) is 71.8 Å². The molecule has 2 aromatic carbocycles. The van der Waals surface area contributed by atoms with Crippen LogP contribution in [0.5, 0.6) is 0 Å². The number of carboxylic acid groups (broad SMARTS) is 2. The number of amides is 4. The second kappa shape index (κ2) is 7.45. The topological polar surface area (TPSA) is 149 Å². The number of anilines is 2. The number of hydrogen-bond acceptors (Lipinski definition) is 6. The van der Waals surface area contributed by atoms with Crippen molar-refractivity contribution in [1.82, 2.24) is 0 Å². The van der Waals surface area contributed by atoms with Gasteiger partial charge in [-0.15, -0.1) is 0 Å². The van der Waals surface area contributed by atoms with Crippen molar-refractivity contribution in [1.29, 1.82) is 0 Å². The first-order valence-electron chi connectivity index (χ1n) is 11.3. The molecule has 2 aromatic rings. The minimum atomic E-state index is -1.20. The summed E-state index contributed by atoms with van der Waals surface area (Å²) in [5, 5.41) is 18.6. The van der Waals surface area contributed by atoms with Gasteiger partial charge < -0.3 is 10.2 Å². The van der Waals surface area contributed by atoms with E-state index in [4.69, 9.17) is 0 Å². The van der Waals surface area contributed by atoms with Crippen LogP contribution in [0.1, 0.15) is 20.7 Å². The molecule has 10 nitrogen and oxygen atoms in total. The predicted octanol–water partition coefficient (Wildman–Crippen LogP) is 1.81. The first-order valence-corrected chi connectivity index (χ1v) is 11.3. The number of benzene rings is 2. The number of nitrogens with zero attached hydrogens (tertiary/aromatic N) is 2. The van der Waals surface area contributed by atoms with Crippen molar-refractivity contribution < 1.29 is 39.0 Å². The Hall–Kier alpha value is -4.60. The van der Waals surface area contributed by atoms with E-state index in [9.17, 15) is 39.0 Å². The van der Waals surface area contributed by atoms with Crippen molar-refractivity contribution in [2.75, 3.05) is 9.80 Å². The lowest BCUT2D eigenvalue weighted by atomic mass is 9.54. The third-order valence-electron chi connectivity index (χ3n) is 7.71. The second-order valence-corrected chi connectivity index (χ2v) is 9.38. The Kier molecular flexibility index (Phi) is 4.53. The highest BCUT2D eigenvalue weighted by molar-refractivity contribution is 6.26. The van der Waals surface area contributed by atoms with E-state index in [0.29, 0.717) is 0 Å². The molecule has 180 valence electrons. The minimum Gasteiger partial charge on any atom is -0.478 e. The summed E-state index contributed by atoms with van der Waals surface area (Å²) >= 11 is 0. The summed E-state index contributed by atoms with van der Waals surface area (Å²) in [7, 11) is 0. The largest absolute Gasteiger partial charge is 0.478 e. The number of imide groups is 2. The van der Waals surface area contributed by atoms with Crippen molar-refractivity contribution in [3.8, 4) is 0 Å². The molecule has 2 heterocycles. The monoisotopic (exact) mass is 486 g/mol. The molecule has 5 aliphatic rings. The molecule has 3 aliphatic carbocycles. The number of aromatic carboxylic acids is 2. The van der Waals surface area contributed by atoms with Gasteiger partial charge in [-0.05, 0) is 36.4 Å². The fourth-order valence-electron chi connectivity index (χ4n) is 6.29. The van der Waals surface area contributed by atoms with Crippen LogP contribution < -0.4 is 9.80 Å². The lowest BCUT2D eigenvalue weighted by Gasteiger charge is -2.44. The van der Waals surface area contributed by atoms with Gasteiger partial charge in [0.2, 0.25) is 23.6 Å². The van der Waals surface area contributed by atoms with Gasteiger partial charge in [-0.3, -0.25) is 19.2 Å². The predicted molar refractivity (Wildman–Crippen MR) is 122 cm³/mol. The lowest BCUT2D eigenvalue weighted by molar-refractivity contribution is -0.137. The van der Waals surface area contributed by atoms with Gasteiger partial charge in [-0.1, -0.05) is 24.3 Å². The maximum atomic E-state index is 13.5. The maximum Gasteiger partial charge on any atom is 0.335 e. The van der Waals surface area contributed by atoms with Crippen LogP contribution in [0.25, 0.3) is 0 Å². The molecule has 2 saturated heterocycles. The van der Waals surface area contributed by atoms with Crippen LogP contribution >= 0.6 is 0 Å². The second-order valence-electron chi connectivity index (χ2n) is 9.38. The van der Waals surface area contributed by atoms with Gasteiger partial charge >= 0.3 is 11.9 Å². The molecular weight excluding hydrogens is 468 g/mol. The van der Waals surface area contributed by atoms with E-state index in [1.54, 1.807) is 12.2 Å². The summed E-state index contributed by atoms with van der Waals surface area (Å²) in [6, 6.07) is 11.0. The average molecular weight is 486 g/mol. The van der Waals surface area contributed by atoms with E-state index in [0.717, 1.165) is 9.80 Å². The molecule has 7 rings (SSSR count). The van der Waals surface area contributed by atoms with Gasteiger partial charge in [0.15, 0.2) is 0 Å². The molecule has 36 heavy (non-hydrogen) atoms. The molecule has 6 atom stereocenters. The Morgan fingerprint density at radius 1 is 0.583 bits per heavy atom. The summed E-state index contributed by atoms with van der Waals surface area (Å²) < 4.78 is 0. The first kappa shape index (κ1) is 21.9. The van der Waals surface area contributed by atoms with Crippen LogP contribution in [0, 0.1) is 35.5 Å². The summed E-state index contributed by atoms with van der Waals surface area (Å²) in [5.41, 5.74) is 0.110. The van der Waals surface area contributed by atoms with Crippen LogP contribution in [-0.4, -0.2) is 45.8 Å². The zero-order chi connectivity index (χ0) is 25.5. The van der Waals surface area contributed by atoms with Gasteiger partial charge in [-0.25, -0.2) is 19.4 Å². The summed E-state index contributed by atoms with van der Waals surface area (Å²) in [6.45, 7) is 0. The van der Waals surface area contributed by atoms with Crippen LogP contribution in [0.4, 0.5) is 11.4 Å². The molecule has 2 aliphatic heterocycles. The smallest absolute Gasteiger partial charge is 0.335 e. The highest BCUT2D eigenvalue weighted by Crippen LogP contribution is 2.58. The van der Waals surface area contributed by atoms with E-state index in [1.165, 1.54) is 48.5 Å². The van der Waals surface area contributed by atoms with Crippen molar-refractivity contribution in [2.24, 2.45) is 35.5 Å². The molecule has 2 unspecified atom stereocenters. The third-order valence-corrected chi connectivity index (χ3v) is 7.71. The molecule has 2 bridgehead atoms. The van der Waals surface area contributed by atoms with Crippen molar-refractivity contribution in [3.63, 3.8) is 0 Å². The van der Waals surface area contributed by atoms with Crippen LogP contribution in [0.2, 0.25) is 0 Å². The summed E-state index contributed by atoms with van der Waals surface area (Å²) in [5.74, 6) is -9.35. The molecule has 0 aromatic heterocycles. The molecule has 1 saturated carbocycles. The van der Waals surface area contributed by atoms with E-state index in [-0.39, 0.29) is 22.5 Å². The lowest BCUT2D eigenvalue weighted by Crippen LogP contribution is -2.50. The Morgan fingerprint density at radius 3 is 1.22 bits per heavy atom. The van der Waals surface area contributed by atoms with E-state index >= 15 is 0 Å². The zero-order valence-corrected chi connectivity index (χ0v) is 18.5. The van der Waals surface area contributed by atoms with Gasteiger partial charge in [0.05, 0.1) is 46.2 Å². The van der Waals surface area contributed by atoms with Gasteiger partial charge in [0, 0.05) is 11.8 Å². The number of hydrogen-bond donors (Lipinski definition) is 2. The Balaban J connectivity index is 1.38. The Labute approximate surface area is 203 Å². The van der Waals surface area contributed by atoms with Crippen molar-refractivity contribution >= 4 is 46.9 Å². The van der Waals surface area contributed by atoms with E-state index in [2.05, 4.69) is 0 Å². The molecule has 4 amide bonds. The standard InChI is InChI=1S/C26H18N2O8/c29-21-17-15-7-8-16(18(17)22(30)27(21)13-5-1-3-11(9-13)25(33)34)20-19(15)23(31)28(24(20)32)14-6-2-4-12(10-14)26(35)36/h1-10,15-20H,(H,33,34)(H,35,36)/t15?,16?,17-,18-,19-,20+/m0/s1. The van der Waals surface area contributed by atoms with Crippen LogP contribution in [0.15, 0.2) is 60.7 Å². The Bertz CT molecular complexity index is 1290.